The summed E-state index contributed by atoms with van der Waals surface area (Å²) in [6, 6.07) is 0. The zero-order chi connectivity index (χ0) is 7.71. The molecule has 0 amide bonds. The van der Waals surface area contributed by atoms with Crippen molar-refractivity contribution in [3.8, 4) is 0 Å². The molecular weight excluding hydrogens is 187 g/mol. The number of halogens is 2. The van der Waals surface area contributed by atoms with Crippen LogP contribution in [0.5, 0.6) is 0 Å². The second-order valence-electron chi connectivity index (χ2n) is 2.75. The van der Waals surface area contributed by atoms with E-state index < -0.39 is 13.8 Å². The second-order valence-corrected chi connectivity index (χ2v) is 22.2. The van der Waals surface area contributed by atoms with Crippen LogP contribution in [-0.4, -0.2) is 13.8 Å². The van der Waals surface area contributed by atoms with E-state index in [-0.39, 0.29) is 0 Å². The van der Waals surface area contributed by atoms with Crippen LogP contribution in [0.15, 0.2) is 12.3 Å². The Balaban J connectivity index is 4.32. The third kappa shape index (κ3) is 2.45. The van der Waals surface area contributed by atoms with Crippen molar-refractivity contribution >= 4 is 36.0 Å². The monoisotopic (exact) mass is 198 g/mol. The van der Waals surface area contributed by atoms with Crippen molar-refractivity contribution in [2.45, 2.75) is 19.6 Å². The van der Waals surface area contributed by atoms with Crippen molar-refractivity contribution in [2.75, 3.05) is 0 Å². The van der Waals surface area contributed by atoms with E-state index >= 15 is 0 Å². The summed E-state index contributed by atoms with van der Waals surface area (Å²) < 4.78 is 0. The molecule has 0 aliphatic heterocycles. The molecule has 0 aliphatic rings. The fourth-order valence-corrected chi connectivity index (χ4v) is 2.88. The number of rotatable bonds is 2. The van der Waals surface area contributed by atoms with Gasteiger partial charge in [0.25, 0.3) is 0 Å². The van der Waals surface area contributed by atoms with Gasteiger partial charge in [0.05, 0.1) is 0 Å². The lowest BCUT2D eigenvalue weighted by molar-refractivity contribution is 1.97. The van der Waals surface area contributed by atoms with E-state index in [0.29, 0.717) is 0 Å². The molecule has 1 unspecified atom stereocenters. The Kier molecular flexibility index (Phi) is 3.02. The molecule has 0 radical (unpaired) electrons. The Morgan fingerprint density at radius 3 is 1.56 bits per heavy atom. The lowest BCUT2D eigenvalue weighted by Gasteiger charge is -2.25. The molecule has 0 spiro atoms. The van der Waals surface area contributed by atoms with Crippen LogP contribution in [0.4, 0.5) is 0 Å². The lowest BCUT2D eigenvalue weighted by atomic mass is 11.3. The molecule has 54 valence electrons. The van der Waals surface area contributed by atoms with Gasteiger partial charge in [0, 0.05) is 0 Å². The van der Waals surface area contributed by atoms with Gasteiger partial charge >= 0.3 is 0 Å². The smallest absolute Gasteiger partial charge is 0.169 e. The number of hydrogen-bond acceptors (Lipinski definition) is 0. The van der Waals surface area contributed by atoms with Gasteiger partial charge in [0.1, 0.15) is 0 Å². The predicted molar refractivity (Wildman–Crippen MR) is 51.0 cm³/mol. The molecule has 9 heavy (non-hydrogen) atoms. The zero-order valence-electron chi connectivity index (χ0n) is 6.04. The van der Waals surface area contributed by atoms with Crippen LogP contribution in [0.2, 0.25) is 19.6 Å². The SMILES string of the molecule is C=C[Si](C)(Cl)[Si](C)(C)Cl. The van der Waals surface area contributed by atoms with Gasteiger partial charge < -0.3 is 0 Å². The minimum Gasteiger partial charge on any atom is -0.169 e. The van der Waals surface area contributed by atoms with Crippen LogP contribution in [0.1, 0.15) is 0 Å². The third-order valence-corrected chi connectivity index (χ3v) is 21.3. The molecule has 0 aliphatic carbocycles. The van der Waals surface area contributed by atoms with E-state index in [1.807, 2.05) is 12.2 Å². The highest BCUT2D eigenvalue weighted by Gasteiger charge is 2.40. The summed E-state index contributed by atoms with van der Waals surface area (Å²) in [5.74, 6) is 0. The molecule has 0 bridgehead atoms. The van der Waals surface area contributed by atoms with E-state index in [2.05, 4.69) is 19.7 Å². The Labute approximate surface area is 68.1 Å². The topological polar surface area (TPSA) is 0 Å². The molecule has 0 N–H and O–H groups in total. The Bertz CT molecular complexity index is 115. The molecule has 0 nitrogen and oxygen atoms in total. The molecule has 0 saturated carbocycles. The highest BCUT2D eigenvalue weighted by Crippen LogP contribution is 2.26. The molecule has 0 rings (SSSR count). The standard InChI is InChI=1S/C5H12Cl2Si2/c1-5-9(4,7)8(2,3)6/h5H,1H2,2-4H3. The lowest BCUT2D eigenvalue weighted by Crippen LogP contribution is -2.46. The van der Waals surface area contributed by atoms with Crippen molar-refractivity contribution in [3.63, 3.8) is 0 Å². The van der Waals surface area contributed by atoms with Crippen LogP contribution >= 0.6 is 22.2 Å². The molecule has 0 fully saturated rings. The summed E-state index contributed by atoms with van der Waals surface area (Å²) in [5, 5.41) is 0. The number of hydrogen-bond donors (Lipinski definition) is 0. The van der Waals surface area contributed by atoms with Crippen molar-refractivity contribution in [1.82, 2.24) is 0 Å². The van der Waals surface area contributed by atoms with Crippen LogP contribution in [-0.2, 0) is 0 Å². The van der Waals surface area contributed by atoms with Crippen LogP contribution in [0.3, 0.4) is 0 Å². The van der Waals surface area contributed by atoms with Crippen LogP contribution in [0.25, 0.3) is 0 Å². The van der Waals surface area contributed by atoms with Crippen LogP contribution < -0.4 is 0 Å². The van der Waals surface area contributed by atoms with Gasteiger partial charge in [-0.1, -0.05) is 25.3 Å². The normalized spacial score (nSPS) is 18.8. The van der Waals surface area contributed by atoms with E-state index in [0.717, 1.165) is 0 Å². The molecule has 0 saturated heterocycles. The molecule has 4 heteroatoms. The quantitative estimate of drug-likeness (QED) is 0.473. The van der Waals surface area contributed by atoms with Gasteiger partial charge in [-0.2, -0.15) is 22.2 Å². The molecule has 0 aromatic heterocycles. The largest absolute Gasteiger partial charge is 0.183 e. The van der Waals surface area contributed by atoms with Gasteiger partial charge in [-0.3, -0.25) is 0 Å². The molecular formula is C5H12Cl2Si2. The first kappa shape index (κ1) is 9.75. The maximum Gasteiger partial charge on any atom is 0.183 e. The van der Waals surface area contributed by atoms with E-state index in [1.54, 1.807) is 0 Å². The third-order valence-electron chi connectivity index (χ3n) is 1.55. The van der Waals surface area contributed by atoms with Crippen molar-refractivity contribution in [2.24, 2.45) is 0 Å². The summed E-state index contributed by atoms with van der Waals surface area (Å²) in [4.78, 5) is 0. The van der Waals surface area contributed by atoms with Gasteiger partial charge in [0.15, 0.2) is 13.8 Å². The fourth-order valence-electron chi connectivity index (χ4n) is 0.243. The minimum atomic E-state index is -1.74. The Morgan fingerprint density at radius 2 is 1.56 bits per heavy atom. The summed E-state index contributed by atoms with van der Waals surface area (Å²) in [7, 11) is 0. The highest BCUT2D eigenvalue weighted by molar-refractivity contribution is 7.72. The van der Waals surface area contributed by atoms with E-state index in [4.69, 9.17) is 22.2 Å². The van der Waals surface area contributed by atoms with Gasteiger partial charge in [-0.05, 0) is 0 Å². The van der Waals surface area contributed by atoms with Gasteiger partial charge in [0.2, 0.25) is 0 Å². The molecule has 0 aromatic rings. The van der Waals surface area contributed by atoms with Crippen molar-refractivity contribution < 1.29 is 0 Å². The summed E-state index contributed by atoms with van der Waals surface area (Å²) in [5.41, 5.74) is 1.85. The predicted octanol–water partition coefficient (Wildman–Crippen LogP) is 3.05. The Morgan fingerprint density at radius 1 is 1.22 bits per heavy atom. The minimum absolute atomic E-state index is 1.63. The first-order valence-corrected chi connectivity index (χ1v) is 11.4. The highest BCUT2D eigenvalue weighted by atomic mass is 35.6. The first-order chi connectivity index (χ1) is 3.81. The molecule has 1 atom stereocenters. The average molecular weight is 199 g/mol. The summed E-state index contributed by atoms with van der Waals surface area (Å²) >= 11 is 12.3. The second kappa shape index (κ2) is 2.78. The maximum absolute atomic E-state index is 6.15. The fraction of sp³-hybridized carbons (Fsp3) is 0.600. The van der Waals surface area contributed by atoms with Gasteiger partial charge in [-0.25, -0.2) is 0 Å². The van der Waals surface area contributed by atoms with Crippen molar-refractivity contribution in [1.29, 1.82) is 0 Å². The van der Waals surface area contributed by atoms with E-state index in [1.165, 1.54) is 0 Å². The first-order valence-electron chi connectivity index (χ1n) is 2.82. The maximum atomic E-state index is 6.15. The zero-order valence-corrected chi connectivity index (χ0v) is 9.55. The summed E-state index contributed by atoms with van der Waals surface area (Å²) in [6.45, 7) is 6.49. The van der Waals surface area contributed by atoms with E-state index in [9.17, 15) is 0 Å². The van der Waals surface area contributed by atoms with Gasteiger partial charge in [-0.15, -0.1) is 6.58 Å². The average Bonchev–Trinajstić information content (AvgIpc) is 1.64. The summed E-state index contributed by atoms with van der Waals surface area (Å²) in [6.07, 6.45) is 0. The molecule has 0 heterocycles. The molecule has 0 aromatic carbocycles. The van der Waals surface area contributed by atoms with Crippen molar-refractivity contribution in [3.05, 3.63) is 12.3 Å². The van der Waals surface area contributed by atoms with Crippen LogP contribution in [0, 0.1) is 0 Å². The Hall–Kier alpha value is 0.754.